The molecule has 0 fully saturated rings. The molecule has 20 heavy (non-hydrogen) atoms. The number of anilines is 1. The number of allylic oxidation sites excluding steroid dienone is 3. The largest absolute Gasteiger partial charge is 0.431 e. The number of benzene rings is 1. The third-order valence-electron chi connectivity index (χ3n) is 2.77. The Bertz CT molecular complexity index is 535. The summed E-state index contributed by atoms with van der Waals surface area (Å²) in [6.45, 7) is -0.0449. The van der Waals surface area contributed by atoms with Gasteiger partial charge in [0.2, 0.25) is 0 Å². The fraction of sp³-hybridized carbons (Fsp3) is 0.231. The lowest BCUT2D eigenvalue weighted by atomic mass is 10.1. The molecule has 2 rings (SSSR count). The maximum Gasteiger partial charge on any atom is 0.431 e. The first kappa shape index (κ1) is 14.5. The van der Waals surface area contributed by atoms with E-state index in [9.17, 15) is 26.3 Å². The third-order valence-corrected chi connectivity index (χ3v) is 2.77. The summed E-state index contributed by atoms with van der Waals surface area (Å²) in [5, 5.41) is 0. The van der Waals surface area contributed by atoms with Gasteiger partial charge in [0, 0.05) is 12.2 Å². The predicted molar refractivity (Wildman–Crippen MR) is 62.1 cm³/mol. The highest BCUT2D eigenvalue weighted by molar-refractivity contribution is 5.56. The summed E-state index contributed by atoms with van der Waals surface area (Å²) in [5.74, 6) is 0. The van der Waals surface area contributed by atoms with Crippen molar-refractivity contribution in [2.75, 3.05) is 11.4 Å². The van der Waals surface area contributed by atoms with E-state index in [0.29, 0.717) is 0 Å². The van der Waals surface area contributed by atoms with Gasteiger partial charge in [-0.25, -0.2) is 0 Å². The van der Waals surface area contributed by atoms with Gasteiger partial charge >= 0.3 is 12.4 Å². The number of hydrogen-bond donors (Lipinski definition) is 0. The Balaban J connectivity index is 2.32. The molecule has 1 aliphatic heterocycles. The average molecular weight is 293 g/mol. The van der Waals surface area contributed by atoms with Gasteiger partial charge in [0.15, 0.2) is 0 Å². The molecule has 0 unspecified atom stereocenters. The lowest BCUT2D eigenvalue weighted by Crippen LogP contribution is -2.33. The maximum atomic E-state index is 12.8. The van der Waals surface area contributed by atoms with Crippen molar-refractivity contribution < 1.29 is 26.3 Å². The lowest BCUT2D eigenvalue weighted by Gasteiger charge is -2.29. The van der Waals surface area contributed by atoms with Crippen LogP contribution in [0.2, 0.25) is 0 Å². The van der Waals surface area contributed by atoms with Crippen molar-refractivity contribution >= 4 is 5.69 Å². The van der Waals surface area contributed by atoms with Crippen molar-refractivity contribution in [2.45, 2.75) is 12.4 Å². The van der Waals surface area contributed by atoms with Crippen LogP contribution >= 0.6 is 0 Å². The van der Waals surface area contributed by atoms with Crippen molar-refractivity contribution in [3.05, 3.63) is 53.8 Å². The van der Waals surface area contributed by atoms with Gasteiger partial charge in [-0.15, -0.1) is 0 Å². The molecule has 1 heterocycles. The van der Waals surface area contributed by atoms with Crippen LogP contribution in [0.25, 0.3) is 0 Å². The minimum absolute atomic E-state index is 0.0449. The minimum atomic E-state index is -4.56. The molecule has 1 aromatic rings. The van der Waals surface area contributed by atoms with Gasteiger partial charge in [0.05, 0.1) is 5.56 Å². The molecular formula is C13H9F6N. The van der Waals surface area contributed by atoms with Crippen LogP contribution in [0.3, 0.4) is 0 Å². The molecule has 1 aliphatic rings. The smallest absolute Gasteiger partial charge is 0.334 e. The van der Waals surface area contributed by atoms with E-state index < -0.39 is 23.6 Å². The summed E-state index contributed by atoms with van der Waals surface area (Å²) in [7, 11) is 0. The minimum Gasteiger partial charge on any atom is -0.334 e. The molecule has 0 saturated carbocycles. The molecule has 7 heteroatoms. The zero-order chi connectivity index (χ0) is 15.0. The van der Waals surface area contributed by atoms with Gasteiger partial charge in [0.1, 0.15) is 5.70 Å². The van der Waals surface area contributed by atoms with Crippen LogP contribution in [0.1, 0.15) is 5.56 Å². The van der Waals surface area contributed by atoms with Crippen LogP contribution in [0.15, 0.2) is 48.2 Å². The average Bonchev–Trinajstić information content (AvgIpc) is 2.37. The van der Waals surface area contributed by atoms with E-state index >= 15 is 0 Å². The van der Waals surface area contributed by atoms with Crippen LogP contribution in [-0.2, 0) is 6.18 Å². The molecule has 108 valence electrons. The highest BCUT2D eigenvalue weighted by Crippen LogP contribution is 2.35. The standard InChI is InChI=1S/C13H9F6N/c14-12(15,16)9-4-6-10(7-5-9)20-8-2-1-3-11(20)13(17,18)19/h1-7H,8H2. The molecule has 0 amide bonds. The Labute approximate surface area is 110 Å². The molecule has 0 radical (unpaired) electrons. The first-order valence-corrected chi connectivity index (χ1v) is 5.58. The highest BCUT2D eigenvalue weighted by Gasteiger charge is 2.38. The number of hydrogen-bond acceptors (Lipinski definition) is 1. The van der Waals surface area contributed by atoms with Crippen molar-refractivity contribution in [1.82, 2.24) is 0 Å². The number of alkyl halides is 6. The molecule has 0 bridgehead atoms. The fourth-order valence-corrected chi connectivity index (χ4v) is 1.84. The summed E-state index contributed by atoms with van der Waals surface area (Å²) in [6.07, 6.45) is -5.42. The SMILES string of the molecule is FC(F)(F)C1=CC=CCN1c1ccc(C(F)(F)F)cc1. The van der Waals surface area contributed by atoms with Gasteiger partial charge in [0.25, 0.3) is 0 Å². The number of nitrogens with zero attached hydrogens (tertiary/aromatic N) is 1. The van der Waals surface area contributed by atoms with Gasteiger partial charge in [-0.2, -0.15) is 26.3 Å². The Hall–Kier alpha value is -1.92. The van der Waals surface area contributed by atoms with E-state index in [4.69, 9.17) is 0 Å². The molecule has 0 saturated heterocycles. The van der Waals surface area contributed by atoms with Gasteiger partial charge in [-0.3, -0.25) is 0 Å². The molecule has 1 nitrogen and oxygen atoms in total. The van der Waals surface area contributed by atoms with Crippen molar-refractivity contribution in [3.8, 4) is 0 Å². The van der Waals surface area contributed by atoms with Crippen LogP contribution in [-0.4, -0.2) is 12.7 Å². The van der Waals surface area contributed by atoms with Gasteiger partial charge in [-0.1, -0.05) is 12.2 Å². The zero-order valence-electron chi connectivity index (χ0n) is 9.96. The molecule has 0 aromatic heterocycles. The molecular weight excluding hydrogens is 284 g/mol. The van der Waals surface area contributed by atoms with Crippen molar-refractivity contribution in [1.29, 1.82) is 0 Å². The molecule has 0 N–H and O–H groups in total. The third kappa shape index (κ3) is 2.97. The molecule has 0 atom stereocenters. The van der Waals surface area contributed by atoms with Crippen molar-refractivity contribution in [3.63, 3.8) is 0 Å². The quantitative estimate of drug-likeness (QED) is 0.688. The van der Waals surface area contributed by atoms with Crippen LogP contribution in [0, 0.1) is 0 Å². The topological polar surface area (TPSA) is 3.24 Å². The Morgan fingerprint density at radius 3 is 1.95 bits per heavy atom. The zero-order valence-corrected chi connectivity index (χ0v) is 9.96. The van der Waals surface area contributed by atoms with Crippen LogP contribution in [0.5, 0.6) is 0 Å². The second-order valence-electron chi connectivity index (χ2n) is 4.13. The van der Waals surface area contributed by atoms with E-state index in [1.807, 2.05) is 0 Å². The monoisotopic (exact) mass is 293 g/mol. The van der Waals surface area contributed by atoms with E-state index in [-0.39, 0.29) is 12.2 Å². The summed E-state index contributed by atoms with van der Waals surface area (Å²) < 4.78 is 75.7. The van der Waals surface area contributed by atoms with E-state index in [2.05, 4.69) is 0 Å². The molecule has 1 aromatic carbocycles. The summed E-state index contributed by atoms with van der Waals surface area (Å²) in [6, 6.07) is 3.59. The molecule has 0 spiro atoms. The van der Waals surface area contributed by atoms with Crippen LogP contribution < -0.4 is 4.90 Å². The Morgan fingerprint density at radius 2 is 1.45 bits per heavy atom. The van der Waals surface area contributed by atoms with E-state index in [1.54, 1.807) is 0 Å². The lowest BCUT2D eigenvalue weighted by molar-refractivity contribution is -0.137. The molecule has 0 aliphatic carbocycles. The first-order chi connectivity index (χ1) is 9.19. The van der Waals surface area contributed by atoms with Crippen LogP contribution in [0.4, 0.5) is 32.0 Å². The Morgan fingerprint density at radius 1 is 0.850 bits per heavy atom. The summed E-state index contributed by atoms with van der Waals surface area (Å²) in [5.41, 5.74) is -1.74. The Kier molecular flexibility index (Phi) is 3.54. The van der Waals surface area contributed by atoms with E-state index in [0.717, 1.165) is 35.2 Å². The van der Waals surface area contributed by atoms with Gasteiger partial charge < -0.3 is 4.90 Å². The van der Waals surface area contributed by atoms with Gasteiger partial charge in [-0.05, 0) is 30.3 Å². The summed E-state index contributed by atoms with van der Waals surface area (Å²) >= 11 is 0. The van der Waals surface area contributed by atoms with E-state index in [1.165, 1.54) is 12.2 Å². The normalized spacial score (nSPS) is 16.3. The first-order valence-electron chi connectivity index (χ1n) is 5.58. The fourth-order valence-electron chi connectivity index (χ4n) is 1.84. The second kappa shape index (κ2) is 4.88. The van der Waals surface area contributed by atoms with Crippen molar-refractivity contribution in [2.24, 2.45) is 0 Å². The summed E-state index contributed by atoms with van der Waals surface area (Å²) in [4.78, 5) is 0.917. The number of halogens is 6. The predicted octanol–water partition coefficient (Wildman–Crippen LogP) is 4.53. The second-order valence-corrected chi connectivity index (χ2v) is 4.13. The number of rotatable bonds is 1. The maximum absolute atomic E-state index is 12.8. The highest BCUT2D eigenvalue weighted by atomic mass is 19.4.